The van der Waals surface area contributed by atoms with E-state index in [2.05, 4.69) is 57.7 Å². The van der Waals surface area contributed by atoms with Gasteiger partial charge in [0, 0.05) is 17.7 Å². The van der Waals surface area contributed by atoms with E-state index in [1.807, 2.05) is 30.3 Å². The molecular weight excluding hydrogens is 372 g/mol. The fraction of sp³-hybridized carbons (Fsp3) is 0.250. The average molecular weight is 392 g/mol. The summed E-state index contributed by atoms with van der Waals surface area (Å²) < 4.78 is 7.16. The predicted molar refractivity (Wildman–Crippen MR) is 107 cm³/mol. The Morgan fingerprint density at radius 2 is 1.93 bits per heavy atom. The highest BCUT2D eigenvalue weighted by molar-refractivity contribution is 7.99. The first-order valence-electron chi connectivity index (χ1n) is 9.07. The highest BCUT2D eigenvalue weighted by atomic mass is 32.2. The van der Waals surface area contributed by atoms with Crippen molar-refractivity contribution in [2.45, 2.75) is 31.8 Å². The largest absolute Gasteiger partial charge is 0.339 e. The Balaban J connectivity index is 1.35. The topological polar surface area (TPSA) is 82.5 Å². The summed E-state index contributed by atoms with van der Waals surface area (Å²) >= 11 is 1.62. The first-order valence-corrected chi connectivity index (χ1v) is 10.1. The number of thioether (sulfide) groups is 1. The molecule has 0 bridgehead atoms. The molecule has 0 N–H and O–H groups in total. The van der Waals surface area contributed by atoms with Gasteiger partial charge in [-0.2, -0.15) is 9.67 Å². The van der Waals surface area contributed by atoms with E-state index in [1.54, 1.807) is 16.4 Å². The SMILES string of the molecule is Cc1ccc(C)c(-n2nnnc2SCCCc2nc(-c3ccccc3)no2)c1. The molecule has 4 aromatic rings. The van der Waals surface area contributed by atoms with Crippen LogP contribution in [-0.2, 0) is 6.42 Å². The van der Waals surface area contributed by atoms with Crippen LogP contribution in [0.4, 0.5) is 0 Å². The molecule has 0 spiro atoms. The summed E-state index contributed by atoms with van der Waals surface area (Å²) in [6.45, 7) is 4.12. The number of hydrogen-bond acceptors (Lipinski definition) is 7. The molecule has 2 aromatic heterocycles. The van der Waals surface area contributed by atoms with Crippen LogP contribution in [0.5, 0.6) is 0 Å². The molecule has 142 valence electrons. The molecule has 0 atom stereocenters. The van der Waals surface area contributed by atoms with Crippen molar-refractivity contribution in [1.82, 2.24) is 30.3 Å². The predicted octanol–water partition coefficient (Wildman–Crippen LogP) is 4.05. The van der Waals surface area contributed by atoms with E-state index in [0.29, 0.717) is 11.7 Å². The van der Waals surface area contributed by atoms with Crippen LogP contribution in [0.15, 0.2) is 58.2 Å². The average Bonchev–Trinajstić information content (AvgIpc) is 3.37. The Morgan fingerprint density at radius 1 is 1.07 bits per heavy atom. The summed E-state index contributed by atoms with van der Waals surface area (Å²) in [5.41, 5.74) is 4.29. The first kappa shape index (κ1) is 18.4. The van der Waals surface area contributed by atoms with Crippen LogP contribution in [0.25, 0.3) is 17.1 Å². The molecule has 0 unspecified atom stereocenters. The highest BCUT2D eigenvalue weighted by Gasteiger charge is 2.12. The van der Waals surface area contributed by atoms with Gasteiger partial charge in [0.05, 0.1) is 5.69 Å². The zero-order valence-electron chi connectivity index (χ0n) is 15.7. The third-order valence-electron chi connectivity index (χ3n) is 4.30. The van der Waals surface area contributed by atoms with Crippen LogP contribution in [0, 0.1) is 13.8 Å². The quantitative estimate of drug-likeness (QED) is 0.346. The lowest BCUT2D eigenvalue weighted by atomic mass is 10.1. The first-order chi connectivity index (χ1) is 13.7. The molecule has 2 heterocycles. The third-order valence-corrected chi connectivity index (χ3v) is 5.31. The van der Waals surface area contributed by atoms with Gasteiger partial charge in [0.1, 0.15) is 0 Å². The maximum Gasteiger partial charge on any atom is 0.226 e. The molecule has 0 aliphatic carbocycles. The zero-order chi connectivity index (χ0) is 19.3. The molecule has 0 amide bonds. The molecule has 4 rings (SSSR count). The minimum absolute atomic E-state index is 0.627. The molecule has 2 aromatic carbocycles. The van der Waals surface area contributed by atoms with Gasteiger partial charge in [0.25, 0.3) is 0 Å². The number of tetrazole rings is 1. The number of hydrogen-bond donors (Lipinski definition) is 0. The molecule has 0 saturated heterocycles. The van der Waals surface area contributed by atoms with Crippen molar-refractivity contribution < 1.29 is 4.52 Å². The van der Waals surface area contributed by atoms with E-state index >= 15 is 0 Å². The van der Waals surface area contributed by atoms with Gasteiger partial charge in [0.2, 0.25) is 16.9 Å². The number of aromatic nitrogens is 6. The van der Waals surface area contributed by atoms with Crippen molar-refractivity contribution in [2.24, 2.45) is 0 Å². The highest BCUT2D eigenvalue weighted by Crippen LogP contribution is 2.23. The Hall–Kier alpha value is -3.00. The number of rotatable bonds is 7. The van der Waals surface area contributed by atoms with E-state index in [1.165, 1.54) is 5.56 Å². The molecule has 0 aliphatic rings. The lowest BCUT2D eigenvalue weighted by Crippen LogP contribution is -2.02. The molecule has 0 saturated carbocycles. The molecular formula is C20H20N6OS. The van der Waals surface area contributed by atoms with Crippen LogP contribution < -0.4 is 0 Å². The minimum Gasteiger partial charge on any atom is -0.339 e. The van der Waals surface area contributed by atoms with Crippen molar-refractivity contribution in [1.29, 1.82) is 0 Å². The second-order valence-corrected chi connectivity index (χ2v) is 7.56. The van der Waals surface area contributed by atoms with Gasteiger partial charge in [-0.15, -0.1) is 5.10 Å². The number of benzene rings is 2. The second kappa shape index (κ2) is 8.35. The van der Waals surface area contributed by atoms with Crippen molar-refractivity contribution in [2.75, 3.05) is 5.75 Å². The molecule has 28 heavy (non-hydrogen) atoms. The van der Waals surface area contributed by atoms with Gasteiger partial charge in [0.15, 0.2) is 0 Å². The van der Waals surface area contributed by atoms with E-state index in [4.69, 9.17) is 4.52 Å². The van der Waals surface area contributed by atoms with Gasteiger partial charge < -0.3 is 4.52 Å². The van der Waals surface area contributed by atoms with Crippen LogP contribution in [0.2, 0.25) is 0 Å². The maximum atomic E-state index is 5.36. The molecule has 0 aliphatic heterocycles. The van der Waals surface area contributed by atoms with Crippen molar-refractivity contribution in [3.05, 3.63) is 65.5 Å². The molecule has 0 fully saturated rings. The van der Waals surface area contributed by atoms with E-state index in [-0.39, 0.29) is 0 Å². The molecule has 8 heteroatoms. The van der Waals surface area contributed by atoms with E-state index in [9.17, 15) is 0 Å². The van der Waals surface area contributed by atoms with Crippen LogP contribution >= 0.6 is 11.8 Å². The van der Waals surface area contributed by atoms with Crippen LogP contribution in [-0.4, -0.2) is 36.1 Å². The van der Waals surface area contributed by atoms with Crippen molar-refractivity contribution in [3.63, 3.8) is 0 Å². The molecule has 7 nitrogen and oxygen atoms in total. The second-order valence-electron chi connectivity index (χ2n) is 6.49. The zero-order valence-corrected chi connectivity index (χ0v) is 16.6. The van der Waals surface area contributed by atoms with Crippen LogP contribution in [0.1, 0.15) is 23.4 Å². The number of nitrogens with zero attached hydrogens (tertiary/aromatic N) is 6. The minimum atomic E-state index is 0.627. The van der Waals surface area contributed by atoms with Crippen LogP contribution in [0.3, 0.4) is 0 Å². The fourth-order valence-electron chi connectivity index (χ4n) is 2.82. The fourth-order valence-corrected chi connectivity index (χ4v) is 3.64. The normalized spacial score (nSPS) is 11.1. The Kier molecular flexibility index (Phi) is 5.48. The smallest absolute Gasteiger partial charge is 0.226 e. The summed E-state index contributed by atoms with van der Waals surface area (Å²) in [7, 11) is 0. The summed E-state index contributed by atoms with van der Waals surface area (Å²) in [5, 5.41) is 17.0. The lowest BCUT2D eigenvalue weighted by molar-refractivity contribution is 0.378. The summed E-state index contributed by atoms with van der Waals surface area (Å²) in [6.07, 6.45) is 1.61. The molecule has 0 radical (unpaired) electrons. The lowest BCUT2D eigenvalue weighted by Gasteiger charge is -2.08. The monoisotopic (exact) mass is 392 g/mol. The van der Waals surface area contributed by atoms with Gasteiger partial charge in [-0.25, -0.2) is 0 Å². The van der Waals surface area contributed by atoms with E-state index < -0.39 is 0 Å². The van der Waals surface area contributed by atoms with Crippen molar-refractivity contribution in [3.8, 4) is 17.1 Å². The number of aryl methyl sites for hydroxylation is 3. The maximum absolute atomic E-state index is 5.36. The Labute approximate surface area is 167 Å². The van der Waals surface area contributed by atoms with Gasteiger partial charge in [-0.1, -0.05) is 59.4 Å². The summed E-state index contributed by atoms with van der Waals surface area (Å²) in [6, 6.07) is 16.1. The Morgan fingerprint density at radius 3 is 2.79 bits per heavy atom. The summed E-state index contributed by atoms with van der Waals surface area (Å²) in [4.78, 5) is 4.47. The standard InChI is InChI=1S/C20H20N6OS/c1-14-10-11-15(2)17(13-14)26-20(22-24-25-26)28-12-6-9-18-21-19(23-27-18)16-7-4-3-5-8-16/h3-5,7-8,10-11,13H,6,9,12H2,1-2H3. The van der Waals surface area contributed by atoms with Gasteiger partial charge in [-0.05, 0) is 47.9 Å². The Bertz CT molecular complexity index is 1060. The van der Waals surface area contributed by atoms with Gasteiger partial charge in [-0.3, -0.25) is 0 Å². The van der Waals surface area contributed by atoms with Gasteiger partial charge >= 0.3 is 0 Å². The summed E-state index contributed by atoms with van der Waals surface area (Å²) in [5.74, 6) is 2.13. The van der Waals surface area contributed by atoms with E-state index in [0.717, 1.165) is 40.6 Å². The van der Waals surface area contributed by atoms with Crippen molar-refractivity contribution >= 4 is 11.8 Å². The third kappa shape index (κ3) is 4.12.